The normalized spacial score (nSPS) is 11.8. The van der Waals surface area contributed by atoms with E-state index in [0.29, 0.717) is 22.3 Å². The van der Waals surface area contributed by atoms with Gasteiger partial charge in [0, 0.05) is 31.4 Å². The molecule has 39 heavy (non-hydrogen) atoms. The van der Waals surface area contributed by atoms with Crippen LogP contribution in [0, 0.1) is 5.82 Å². The van der Waals surface area contributed by atoms with Gasteiger partial charge in [-0.3, -0.25) is 19.4 Å². The molecule has 3 aromatic rings. The van der Waals surface area contributed by atoms with E-state index in [4.69, 9.17) is 5.11 Å². The van der Waals surface area contributed by atoms with Crippen LogP contribution < -0.4 is 16.2 Å². The van der Waals surface area contributed by atoms with Crippen LogP contribution in [0.5, 0.6) is 0 Å². The molecule has 0 unspecified atom stereocenters. The molecule has 0 fully saturated rings. The lowest BCUT2D eigenvalue weighted by Gasteiger charge is -2.16. The summed E-state index contributed by atoms with van der Waals surface area (Å²) in [5.41, 5.74) is 2.04. The van der Waals surface area contributed by atoms with Crippen molar-refractivity contribution in [2.75, 3.05) is 19.4 Å². The number of fused-ring (bicyclic) bond motifs is 1. The predicted molar refractivity (Wildman–Crippen MR) is 146 cm³/mol. The van der Waals surface area contributed by atoms with Gasteiger partial charge in [-0.15, -0.1) is 0 Å². The number of carbonyl (C=O) groups is 3. The Hall–Kier alpha value is -4.74. The van der Waals surface area contributed by atoms with E-state index in [0.717, 1.165) is 11.8 Å². The maximum atomic E-state index is 14.4. The topological polar surface area (TPSA) is 149 Å². The van der Waals surface area contributed by atoms with Crippen LogP contribution in [-0.4, -0.2) is 62.6 Å². The van der Waals surface area contributed by atoms with E-state index in [1.54, 1.807) is 32.3 Å². The number of carbonyl (C=O) groups excluding carboxylic acids is 2. The molecular weight excluding hydrogens is 507 g/mol. The Bertz CT molecular complexity index is 1500. The van der Waals surface area contributed by atoms with Crippen molar-refractivity contribution in [3.05, 3.63) is 75.9 Å². The molecule has 0 aliphatic rings. The van der Waals surface area contributed by atoms with E-state index in [1.807, 2.05) is 19.9 Å². The maximum Gasteiger partial charge on any atom is 0.405 e. The van der Waals surface area contributed by atoms with Gasteiger partial charge in [-0.25, -0.2) is 9.18 Å². The smallest absolute Gasteiger partial charge is 0.405 e. The molecule has 0 aliphatic heterocycles. The molecule has 0 aromatic carbocycles. The fourth-order valence-electron chi connectivity index (χ4n) is 3.80. The number of allylic oxidation sites excluding steroid dienone is 2. The van der Waals surface area contributed by atoms with Gasteiger partial charge in [0.25, 0.3) is 5.56 Å². The van der Waals surface area contributed by atoms with Crippen LogP contribution in [0.2, 0.25) is 0 Å². The number of nitrogens with zero attached hydrogens (tertiary/aromatic N) is 3. The molecule has 0 saturated heterocycles. The molecule has 3 rings (SSSR count). The number of rotatable bonds is 10. The zero-order chi connectivity index (χ0) is 28.7. The number of hydrogen-bond acceptors (Lipinski definition) is 5. The van der Waals surface area contributed by atoms with Crippen molar-refractivity contribution in [3.8, 4) is 0 Å². The molecular formula is C27H31FN6O5. The number of likely N-dealkylation sites (N-methyl/N-ethyl adjacent to an activating group) is 1. The second kappa shape index (κ2) is 12.7. The fraction of sp³-hybridized carbons (Fsp3) is 0.296. The highest BCUT2D eigenvalue weighted by atomic mass is 19.1. The van der Waals surface area contributed by atoms with Crippen molar-refractivity contribution in [1.82, 2.24) is 24.8 Å². The molecule has 3 aromatic heterocycles. The number of pyridine rings is 2. The summed E-state index contributed by atoms with van der Waals surface area (Å²) in [6, 6.07) is 3.41. The Morgan fingerprint density at radius 2 is 2.03 bits per heavy atom. The van der Waals surface area contributed by atoms with Gasteiger partial charge in [0.15, 0.2) is 5.82 Å². The second-order valence-corrected chi connectivity index (χ2v) is 9.35. The molecule has 3 amide bonds. The number of H-pyrrole nitrogens is 1. The Kier molecular flexibility index (Phi) is 9.37. The van der Waals surface area contributed by atoms with Gasteiger partial charge >= 0.3 is 6.09 Å². The zero-order valence-electron chi connectivity index (χ0n) is 22.1. The van der Waals surface area contributed by atoms with Gasteiger partial charge in [-0.05, 0) is 57.0 Å². The van der Waals surface area contributed by atoms with E-state index in [9.17, 15) is 23.6 Å². The number of hydrogen-bond donors (Lipinski definition) is 4. The molecule has 0 radical (unpaired) electrons. The first kappa shape index (κ1) is 28.8. The number of anilines is 1. The third kappa shape index (κ3) is 7.63. The third-order valence-corrected chi connectivity index (χ3v) is 5.69. The van der Waals surface area contributed by atoms with E-state index >= 15 is 0 Å². The lowest BCUT2D eigenvalue weighted by atomic mass is 10.1. The van der Waals surface area contributed by atoms with Crippen LogP contribution in [0.25, 0.3) is 17.0 Å². The van der Waals surface area contributed by atoms with Crippen LogP contribution in [0.4, 0.5) is 14.9 Å². The molecule has 4 N–H and O–H groups in total. The first-order chi connectivity index (χ1) is 18.5. The lowest BCUT2D eigenvalue weighted by molar-refractivity contribution is -0.123. The van der Waals surface area contributed by atoms with Crippen molar-refractivity contribution in [2.24, 2.45) is 0 Å². The summed E-state index contributed by atoms with van der Waals surface area (Å²) in [4.78, 5) is 57.5. The fourth-order valence-corrected chi connectivity index (χ4v) is 3.80. The summed E-state index contributed by atoms with van der Waals surface area (Å²) in [6.07, 6.45) is 6.28. The van der Waals surface area contributed by atoms with Crippen LogP contribution in [0.3, 0.4) is 0 Å². The standard InChI is InChI=1S/C27H31FN6O5/c1-16(2)12-22-24-18(19(28)14-29-22)13-17(30-24)15-34-11-7-9-21(26(34)37)31-25(36)20(32-27(38)39)8-5-6-10-23(35)33(3)4/h6-7,9-14,20,30,32H,5,8,15H2,1-4H3,(H,31,36)(H,38,39)/b10-6+/t20-/m0/s1. The van der Waals surface area contributed by atoms with Gasteiger partial charge in [0.2, 0.25) is 11.8 Å². The zero-order valence-corrected chi connectivity index (χ0v) is 22.1. The van der Waals surface area contributed by atoms with E-state index < -0.39 is 29.4 Å². The Morgan fingerprint density at radius 1 is 1.28 bits per heavy atom. The molecule has 0 saturated carbocycles. The number of carboxylic acid groups (broad SMARTS) is 1. The molecule has 0 bridgehead atoms. The van der Waals surface area contributed by atoms with E-state index in [-0.39, 0.29) is 31.0 Å². The summed E-state index contributed by atoms with van der Waals surface area (Å²) in [7, 11) is 3.19. The minimum absolute atomic E-state index is 0.0489. The Labute approximate surface area is 224 Å². The van der Waals surface area contributed by atoms with Gasteiger partial charge < -0.3 is 30.2 Å². The number of halogens is 1. The largest absolute Gasteiger partial charge is 0.465 e. The van der Waals surface area contributed by atoms with Crippen LogP contribution in [-0.2, 0) is 16.1 Å². The highest BCUT2D eigenvalue weighted by Crippen LogP contribution is 2.23. The van der Waals surface area contributed by atoms with Crippen molar-refractivity contribution in [3.63, 3.8) is 0 Å². The average Bonchev–Trinajstić information content (AvgIpc) is 3.29. The molecule has 206 valence electrons. The van der Waals surface area contributed by atoms with E-state index in [2.05, 4.69) is 20.6 Å². The summed E-state index contributed by atoms with van der Waals surface area (Å²) in [5, 5.41) is 14.1. The van der Waals surface area contributed by atoms with E-state index in [1.165, 1.54) is 27.8 Å². The Balaban J connectivity index is 1.79. The summed E-state index contributed by atoms with van der Waals surface area (Å²) >= 11 is 0. The monoisotopic (exact) mass is 538 g/mol. The van der Waals surface area contributed by atoms with Crippen LogP contribution in [0.1, 0.15) is 38.1 Å². The molecule has 1 atom stereocenters. The van der Waals surface area contributed by atoms with Crippen molar-refractivity contribution < 1.29 is 23.9 Å². The quantitative estimate of drug-likeness (QED) is 0.291. The van der Waals surface area contributed by atoms with Gasteiger partial charge in [-0.1, -0.05) is 11.6 Å². The van der Waals surface area contributed by atoms with Gasteiger partial charge in [-0.2, -0.15) is 0 Å². The van der Waals surface area contributed by atoms with Crippen molar-refractivity contribution >= 4 is 40.6 Å². The highest BCUT2D eigenvalue weighted by molar-refractivity contribution is 5.96. The third-order valence-electron chi connectivity index (χ3n) is 5.69. The second-order valence-electron chi connectivity index (χ2n) is 9.35. The number of nitrogens with one attached hydrogen (secondary N) is 3. The predicted octanol–water partition coefficient (Wildman–Crippen LogP) is 3.33. The summed E-state index contributed by atoms with van der Waals surface area (Å²) in [6.45, 7) is 3.87. The SMILES string of the molecule is CC(C)=Cc1ncc(F)c2cc(Cn3cccc(NC(=O)[C@H](CC/C=C/C(=O)N(C)C)NC(=O)O)c3=O)[nH]c12. The van der Waals surface area contributed by atoms with Crippen LogP contribution in [0.15, 0.2) is 53.1 Å². The first-order valence-electron chi connectivity index (χ1n) is 12.1. The minimum atomic E-state index is -1.40. The number of aromatic nitrogens is 3. The maximum absolute atomic E-state index is 14.4. The Morgan fingerprint density at radius 3 is 2.69 bits per heavy atom. The molecule has 3 heterocycles. The minimum Gasteiger partial charge on any atom is -0.465 e. The average molecular weight is 539 g/mol. The van der Waals surface area contributed by atoms with Crippen LogP contribution >= 0.6 is 0 Å². The van der Waals surface area contributed by atoms with Gasteiger partial charge in [0.1, 0.15) is 11.7 Å². The number of amides is 3. The summed E-state index contributed by atoms with van der Waals surface area (Å²) in [5.74, 6) is -1.46. The van der Waals surface area contributed by atoms with Crippen molar-refractivity contribution in [1.29, 1.82) is 0 Å². The molecule has 0 aliphatic carbocycles. The molecule has 12 heteroatoms. The lowest BCUT2D eigenvalue weighted by Crippen LogP contribution is -2.44. The summed E-state index contributed by atoms with van der Waals surface area (Å²) < 4.78 is 15.7. The van der Waals surface area contributed by atoms with Crippen molar-refractivity contribution in [2.45, 2.75) is 39.3 Å². The number of aromatic amines is 1. The molecule has 0 spiro atoms. The first-order valence-corrected chi connectivity index (χ1v) is 12.1. The van der Waals surface area contributed by atoms with Gasteiger partial charge in [0.05, 0.1) is 24.0 Å². The molecule has 11 nitrogen and oxygen atoms in total. The highest BCUT2D eigenvalue weighted by Gasteiger charge is 2.21.